The average Bonchev–Trinajstić information content (AvgIpc) is 2.70. The summed E-state index contributed by atoms with van der Waals surface area (Å²) in [6.45, 7) is 9.95. The quantitative estimate of drug-likeness (QED) is 0.505. The maximum atomic E-state index is 15.6. The summed E-state index contributed by atoms with van der Waals surface area (Å²) in [6.07, 6.45) is -1.23. The van der Waals surface area contributed by atoms with E-state index in [1.165, 1.54) is 19.9 Å². The fourth-order valence-corrected chi connectivity index (χ4v) is 4.59. The Balaban J connectivity index is 2.01. The molecule has 1 aliphatic rings. The molecule has 2 aromatic carbocycles. The van der Waals surface area contributed by atoms with Crippen LogP contribution in [0.4, 0.5) is 18.0 Å². The van der Waals surface area contributed by atoms with Gasteiger partial charge in [-0.2, -0.15) is 0 Å². The monoisotopic (exact) mass is 508 g/mol. The minimum absolute atomic E-state index is 0.0476. The van der Waals surface area contributed by atoms with E-state index in [0.29, 0.717) is 12.0 Å². The van der Waals surface area contributed by atoms with Gasteiger partial charge in [-0.15, -0.1) is 0 Å². The summed E-state index contributed by atoms with van der Waals surface area (Å²) in [5, 5.41) is 9.97. The topological polar surface area (TPSA) is 85.0 Å². The Hall–Kier alpha value is -2.94. The number of phenolic OH excluding ortho intramolecular Hbond substituents is 1. The summed E-state index contributed by atoms with van der Waals surface area (Å²) in [5.41, 5.74) is 4.12. The van der Waals surface area contributed by atoms with Crippen LogP contribution in [0.1, 0.15) is 64.3 Å². The number of hydrogen-bond acceptors (Lipinski definition) is 5. The van der Waals surface area contributed by atoms with Crippen LogP contribution in [0.15, 0.2) is 30.3 Å². The van der Waals surface area contributed by atoms with Crippen molar-refractivity contribution in [3.63, 3.8) is 0 Å². The number of phenols is 1. The second-order valence-corrected chi connectivity index (χ2v) is 11.1. The highest BCUT2D eigenvalue weighted by molar-refractivity contribution is 5.64. The maximum Gasteiger partial charge on any atom is 0.404 e. The number of benzene rings is 2. The molecule has 3 rings (SSSR count). The molecule has 198 valence electrons. The van der Waals surface area contributed by atoms with Gasteiger partial charge in [0.05, 0.1) is 6.04 Å². The standard InChI is InChI=1S/C27H35F3N2O4/c1-15-9-16-10-17(33)7-8-19(16)24(32(15)14-27(5,6)30)23-20(28)11-18(12-21(23)29)35-13-22(26(2,3)4)36-25(31)34/h7-8,10-12,15,22,24,33H,9,13-14H2,1-6H3,(H2,31,34)/t15-,22?,24+/m1/s1. The predicted molar refractivity (Wildman–Crippen MR) is 131 cm³/mol. The highest BCUT2D eigenvalue weighted by atomic mass is 19.1. The first-order chi connectivity index (χ1) is 16.6. The van der Waals surface area contributed by atoms with Crippen LogP contribution >= 0.6 is 0 Å². The van der Waals surface area contributed by atoms with E-state index in [2.05, 4.69) is 0 Å². The molecule has 36 heavy (non-hydrogen) atoms. The first-order valence-corrected chi connectivity index (χ1v) is 11.9. The lowest BCUT2D eigenvalue weighted by molar-refractivity contribution is 0.00562. The molecule has 0 aromatic heterocycles. The van der Waals surface area contributed by atoms with E-state index in [9.17, 15) is 14.3 Å². The number of nitrogens with two attached hydrogens (primary N) is 1. The summed E-state index contributed by atoms with van der Waals surface area (Å²) < 4.78 is 56.6. The number of nitrogens with zero attached hydrogens (tertiary/aromatic N) is 1. The van der Waals surface area contributed by atoms with Gasteiger partial charge in [-0.3, -0.25) is 4.90 Å². The molecule has 0 saturated heterocycles. The highest BCUT2D eigenvalue weighted by Gasteiger charge is 2.39. The molecule has 0 radical (unpaired) electrons. The SMILES string of the molecule is C[C@@H]1Cc2cc(O)ccc2[C@@H](c2c(F)cc(OCC(OC(N)=O)C(C)(C)C)cc2F)N1CC(C)(C)F. The first-order valence-electron chi connectivity index (χ1n) is 11.9. The van der Waals surface area contributed by atoms with Gasteiger partial charge in [0.25, 0.3) is 0 Å². The molecule has 2 aromatic rings. The third-order valence-corrected chi connectivity index (χ3v) is 6.34. The largest absolute Gasteiger partial charge is 0.508 e. The molecule has 0 spiro atoms. The zero-order chi connectivity index (χ0) is 27.0. The van der Waals surface area contributed by atoms with Crippen LogP contribution in [0.3, 0.4) is 0 Å². The molecule has 1 aliphatic heterocycles. The third kappa shape index (κ3) is 6.43. The summed E-state index contributed by atoms with van der Waals surface area (Å²) >= 11 is 0. The number of aromatic hydroxyl groups is 1. The van der Waals surface area contributed by atoms with Gasteiger partial charge in [0, 0.05) is 35.7 Å². The van der Waals surface area contributed by atoms with Gasteiger partial charge in [0.2, 0.25) is 0 Å². The minimum atomic E-state index is -1.61. The van der Waals surface area contributed by atoms with Crippen LogP contribution in [0.25, 0.3) is 0 Å². The Bertz CT molecular complexity index is 1090. The zero-order valence-corrected chi connectivity index (χ0v) is 21.6. The molecule has 1 amide bonds. The second kappa shape index (κ2) is 10.2. The average molecular weight is 509 g/mol. The molecule has 0 bridgehead atoms. The van der Waals surface area contributed by atoms with E-state index in [0.717, 1.165) is 17.7 Å². The van der Waals surface area contributed by atoms with Gasteiger partial charge in [-0.05, 0) is 50.5 Å². The van der Waals surface area contributed by atoms with Crippen molar-refractivity contribution in [1.82, 2.24) is 4.90 Å². The van der Waals surface area contributed by atoms with E-state index in [4.69, 9.17) is 15.2 Å². The molecule has 0 fully saturated rings. The van der Waals surface area contributed by atoms with Gasteiger partial charge in [-0.25, -0.2) is 18.0 Å². The second-order valence-electron chi connectivity index (χ2n) is 11.1. The molecular formula is C27H35F3N2O4. The molecule has 3 atom stereocenters. The molecule has 1 unspecified atom stereocenters. The van der Waals surface area contributed by atoms with Crippen molar-refractivity contribution in [1.29, 1.82) is 0 Å². The van der Waals surface area contributed by atoms with Crippen molar-refractivity contribution >= 4 is 6.09 Å². The fourth-order valence-electron chi connectivity index (χ4n) is 4.59. The lowest BCUT2D eigenvalue weighted by atomic mass is 9.83. The van der Waals surface area contributed by atoms with E-state index in [1.807, 2.05) is 27.7 Å². The van der Waals surface area contributed by atoms with E-state index >= 15 is 8.78 Å². The van der Waals surface area contributed by atoms with Gasteiger partial charge in [0.1, 0.15) is 41.5 Å². The number of primary amides is 1. The minimum Gasteiger partial charge on any atom is -0.508 e. The van der Waals surface area contributed by atoms with Crippen molar-refractivity contribution in [2.75, 3.05) is 13.2 Å². The lowest BCUT2D eigenvalue weighted by Gasteiger charge is -2.44. The normalized spacial score (nSPS) is 19.5. The number of amides is 1. The number of halogens is 3. The molecule has 0 aliphatic carbocycles. The number of carbonyl (C=O) groups excluding carboxylic acids is 1. The maximum absolute atomic E-state index is 15.6. The number of alkyl halides is 1. The van der Waals surface area contributed by atoms with Crippen molar-refractivity contribution in [2.45, 2.75) is 71.8 Å². The van der Waals surface area contributed by atoms with Gasteiger partial charge < -0.3 is 20.3 Å². The van der Waals surface area contributed by atoms with Crippen LogP contribution in [0.2, 0.25) is 0 Å². The van der Waals surface area contributed by atoms with Crippen molar-refractivity contribution < 1.29 is 32.5 Å². The van der Waals surface area contributed by atoms with E-state index in [-0.39, 0.29) is 36.3 Å². The Morgan fingerprint density at radius 2 is 1.78 bits per heavy atom. The Labute approximate surface area is 210 Å². The van der Waals surface area contributed by atoms with E-state index in [1.54, 1.807) is 17.0 Å². The van der Waals surface area contributed by atoms with Gasteiger partial charge in [-0.1, -0.05) is 26.8 Å². The van der Waals surface area contributed by atoms with Crippen LogP contribution in [-0.2, 0) is 11.2 Å². The van der Waals surface area contributed by atoms with Crippen LogP contribution in [0, 0.1) is 17.0 Å². The number of fused-ring (bicyclic) bond motifs is 1. The van der Waals surface area contributed by atoms with Crippen LogP contribution in [-0.4, -0.2) is 47.1 Å². The number of hydrogen-bond donors (Lipinski definition) is 2. The predicted octanol–water partition coefficient (Wildman–Crippen LogP) is 5.64. The smallest absolute Gasteiger partial charge is 0.404 e. The Morgan fingerprint density at radius 1 is 1.17 bits per heavy atom. The van der Waals surface area contributed by atoms with Crippen LogP contribution in [0.5, 0.6) is 11.5 Å². The van der Waals surface area contributed by atoms with Crippen molar-refractivity contribution in [2.24, 2.45) is 11.1 Å². The third-order valence-electron chi connectivity index (χ3n) is 6.34. The number of ether oxygens (including phenoxy) is 2. The summed E-state index contributed by atoms with van der Waals surface area (Å²) in [5.74, 6) is -1.74. The summed E-state index contributed by atoms with van der Waals surface area (Å²) in [7, 11) is 0. The summed E-state index contributed by atoms with van der Waals surface area (Å²) in [6, 6.07) is 5.65. The Kier molecular flexibility index (Phi) is 7.83. The molecule has 3 N–H and O–H groups in total. The zero-order valence-electron chi connectivity index (χ0n) is 21.6. The molecule has 0 saturated carbocycles. The van der Waals surface area contributed by atoms with Crippen molar-refractivity contribution in [3.8, 4) is 11.5 Å². The molecule has 1 heterocycles. The lowest BCUT2D eigenvalue weighted by Crippen LogP contribution is -2.48. The Morgan fingerprint density at radius 3 is 2.31 bits per heavy atom. The fraction of sp³-hybridized carbons (Fsp3) is 0.519. The number of carbonyl (C=O) groups is 1. The van der Waals surface area contributed by atoms with Crippen LogP contribution < -0.4 is 10.5 Å². The highest BCUT2D eigenvalue weighted by Crippen LogP contribution is 2.42. The van der Waals surface area contributed by atoms with E-state index < -0.39 is 41.0 Å². The molecule has 9 heteroatoms. The van der Waals surface area contributed by atoms with Gasteiger partial charge >= 0.3 is 6.09 Å². The number of rotatable bonds is 7. The molecular weight excluding hydrogens is 473 g/mol. The van der Waals surface area contributed by atoms with Crippen molar-refractivity contribution in [3.05, 3.63) is 58.7 Å². The first kappa shape index (κ1) is 27.6. The summed E-state index contributed by atoms with van der Waals surface area (Å²) in [4.78, 5) is 13.0. The van der Waals surface area contributed by atoms with Gasteiger partial charge in [0.15, 0.2) is 0 Å². The molecule has 6 nitrogen and oxygen atoms in total.